The highest BCUT2D eigenvalue weighted by molar-refractivity contribution is 5.93. The molecular formula is C17H17N5O. The van der Waals surface area contributed by atoms with Crippen molar-refractivity contribution in [1.82, 2.24) is 15.0 Å². The third-order valence-electron chi connectivity index (χ3n) is 3.93. The Bertz CT molecular complexity index is 886. The number of hydrogen-bond donors (Lipinski definition) is 3. The summed E-state index contributed by atoms with van der Waals surface area (Å²) in [6.45, 7) is 0.851. The first-order valence-electron chi connectivity index (χ1n) is 7.74. The van der Waals surface area contributed by atoms with Crippen LogP contribution >= 0.6 is 0 Å². The van der Waals surface area contributed by atoms with Crippen molar-refractivity contribution in [2.24, 2.45) is 5.92 Å². The summed E-state index contributed by atoms with van der Waals surface area (Å²) in [5.74, 6) is 2.70. The Morgan fingerprint density at radius 1 is 1.22 bits per heavy atom. The van der Waals surface area contributed by atoms with Gasteiger partial charge in [0.2, 0.25) is 0 Å². The van der Waals surface area contributed by atoms with Crippen LogP contribution in [0.4, 0.5) is 17.5 Å². The molecule has 1 saturated carbocycles. The zero-order valence-corrected chi connectivity index (χ0v) is 12.5. The van der Waals surface area contributed by atoms with Gasteiger partial charge in [0.25, 0.3) is 5.56 Å². The summed E-state index contributed by atoms with van der Waals surface area (Å²) in [6, 6.07) is 9.39. The first-order valence-corrected chi connectivity index (χ1v) is 7.74. The van der Waals surface area contributed by atoms with Crippen LogP contribution < -0.4 is 16.2 Å². The second kappa shape index (κ2) is 5.72. The number of hydrogen-bond acceptors (Lipinski definition) is 5. The highest BCUT2D eigenvalue weighted by Gasteiger charge is 2.21. The van der Waals surface area contributed by atoms with E-state index in [-0.39, 0.29) is 5.56 Å². The maximum Gasteiger partial charge on any atom is 0.259 e. The minimum atomic E-state index is -0.127. The smallest absolute Gasteiger partial charge is 0.259 e. The van der Waals surface area contributed by atoms with Gasteiger partial charge >= 0.3 is 0 Å². The summed E-state index contributed by atoms with van der Waals surface area (Å²) in [7, 11) is 0. The van der Waals surface area contributed by atoms with Gasteiger partial charge in [0.15, 0.2) is 0 Å². The average Bonchev–Trinajstić information content (AvgIpc) is 3.38. The van der Waals surface area contributed by atoms with Crippen LogP contribution in [0, 0.1) is 5.92 Å². The Morgan fingerprint density at radius 2 is 2.13 bits per heavy atom. The van der Waals surface area contributed by atoms with Gasteiger partial charge in [-0.3, -0.25) is 4.79 Å². The van der Waals surface area contributed by atoms with Gasteiger partial charge in [-0.15, -0.1) is 0 Å². The summed E-state index contributed by atoms with van der Waals surface area (Å²) in [5.41, 5.74) is -0.127. The number of H-pyrrole nitrogens is 1. The molecule has 0 radical (unpaired) electrons. The largest absolute Gasteiger partial charge is 0.369 e. The molecule has 3 heterocycles. The number of nitrogens with one attached hydrogen (secondary N) is 3. The number of nitrogens with zero attached hydrogens (tertiary/aromatic N) is 2. The molecular weight excluding hydrogens is 290 g/mol. The lowest BCUT2D eigenvalue weighted by molar-refractivity contribution is 0.884. The lowest BCUT2D eigenvalue weighted by Gasteiger charge is -2.11. The number of rotatable bonds is 5. The minimum Gasteiger partial charge on any atom is -0.369 e. The van der Waals surface area contributed by atoms with Crippen LogP contribution in [-0.2, 0) is 0 Å². The summed E-state index contributed by atoms with van der Waals surface area (Å²) < 4.78 is 0. The standard InChI is InChI=1S/C17H17N5O/c23-17-15-12(6-8-19-17)9-14(21-13-3-1-2-7-18-13)22-16(15)20-10-11-4-5-11/h1-3,6-9,11H,4-5,10H2,(H,19,23)(H2,18,20,21,22). The summed E-state index contributed by atoms with van der Waals surface area (Å²) in [4.78, 5) is 23.7. The van der Waals surface area contributed by atoms with E-state index in [1.54, 1.807) is 12.4 Å². The van der Waals surface area contributed by atoms with E-state index in [2.05, 4.69) is 25.6 Å². The van der Waals surface area contributed by atoms with Gasteiger partial charge in [0.05, 0.1) is 5.39 Å². The molecule has 6 nitrogen and oxygen atoms in total. The Kier molecular flexibility index (Phi) is 3.42. The van der Waals surface area contributed by atoms with E-state index in [0.717, 1.165) is 17.7 Å². The molecule has 1 aliphatic carbocycles. The van der Waals surface area contributed by atoms with Crippen LogP contribution in [0.25, 0.3) is 10.8 Å². The van der Waals surface area contributed by atoms with Crippen molar-refractivity contribution in [3.05, 3.63) is 53.1 Å². The highest BCUT2D eigenvalue weighted by Crippen LogP contribution is 2.30. The molecule has 0 aliphatic heterocycles. The molecule has 1 aliphatic rings. The molecule has 0 bridgehead atoms. The van der Waals surface area contributed by atoms with Crippen LogP contribution in [0.5, 0.6) is 0 Å². The van der Waals surface area contributed by atoms with Gasteiger partial charge in [-0.25, -0.2) is 9.97 Å². The molecule has 0 amide bonds. The molecule has 4 rings (SSSR count). The number of anilines is 3. The second-order valence-corrected chi connectivity index (χ2v) is 5.79. The fourth-order valence-corrected chi connectivity index (χ4v) is 2.54. The van der Waals surface area contributed by atoms with Crippen molar-refractivity contribution < 1.29 is 0 Å². The van der Waals surface area contributed by atoms with Gasteiger partial charge in [-0.1, -0.05) is 6.07 Å². The fourth-order valence-electron chi connectivity index (χ4n) is 2.54. The lowest BCUT2D eigenvalue weighted by Crippen LogP contribution is -2.13. The van der Waals surface area contributed by atoms with E-state index >= 15 is 0 Å². The molecule has 0 atom stereocenters. The van der Waals surface area contributed by atoms with Gasteiger partial charge in [-0.2, -0.15) is 0 Å². The van der Waals surface area contributed by atoms with E-state index in [9.17, 15) is 4.79 Å². The van der Waals surface area contributed by atoms with E-state index in [4.69, 9.17) is 0 Å². The number of fused-ring (bicyclic) bond motifs is 1. The molecule has 3 aromatic rings. The predicted octanol–water partition coefficient (Wildman–Crippen LogP) is 2.88. The number of aromatic nitrogens is 3. The maximum atomic E-state index is 12.2. The van der Waals surface area contributed by atoms with Crippen molar-refractivity contribution in [1.29, 1.82) is 0 Å². The zero-order chi connectivity index (χ0) is 15.6. The van der Waals surface area contributed by atoms with Crippen molar-refractivity contribution in [2.75, 3.05) is 17.2 Å². The summed E-state index contributed by atoms with van der Waals surface area (Å²) in [6.07, 6.45) is 5.86. The number of aromatic amines is 1. The third kappa shape index (κ3) is 3.01. The second-order valence-electron chi connectivity index (χ2n) is 5.79. The minimum absolute atomic E-state index is 0.127. The third-order valence-corrected chi connectivity index (χ3v) is 3.93. The highest BCUT2D eigenvalue weighted by atomic mass is 16.1. The van der Waals surface area contributed by atoms with Crippen LogP contribution in [0.2, 0.25) is 0 Å². The molecule has 0 aromatic carbocycles. The van der Waals surface area contributed by atoms with Gasteiger partial charge < -0.3 is 15.6 Å². The van der Waals surface area contributed by atoms with Crippen molar-refractivity contribution >= 4 is 28.2 Å². The van der Waals surface area contributed by atoms with Crippen LogP contribution in [0.15, 0.2) is 47.5 Å². The summed E-state index contributed by atoms with van der Waals surface area (Å²) in [5, 5.41) is 7.95. The van der Waals surface area contributed by atoms with Gasteiger partial charge in [0.1, 0.15) is 17.5 Å². The van der Waals surface area contributed by atoms with Crippen LogP contribution in [0.1, 0.15) is 12.8 Å². The van der Waals surface area contributed by atoms with Crippen LogP contribution in [0.3, 0.4) is 0 Å². The average molecular weight is 307 g/mol. The zero-order valence-electron chi connectivity index (χ0n) is 12.5. The Balaban J connectivity index is 1.74. The van der Waals surface area contributed by atoms with Crippen LogP contribution in [-0.4, -0.2) is 21.5 Å². The monoisotopic (exact) mass is 307 g/mol. The van der Waals surface area contributed by atoms with Crippen molar-refractivity contribution in [3.63, 3.8) is 0 Å². The topological polar surface area (TPSA) is 82.7 Å². The molecule has 3 N–H and O–H groups in total. The molecule has 1 fully saturated rings. The first-order chi connectivity index (χ1) is 11.3. The molecule has 6 heteroatoms. The van der Waals surface area contributed by atoms with Crippen molar-refractivity contribution in [2.45, 2.75) is 12.8 Å². The fraction of sp³-hybridized carbons (Fsp3) is 0.235. The molecule has 23 heavy (non-hydrogen) atoms. The van der Waals surface area contributed by atoms with E-state index in [0.29, 0.717) is 22.9 Å². The normalized spacial score (nSPS) is 13.9. The Labute approximate surface area is 133 Å². The molecule has 0 spiro atoms. The molecule has 0 saturated heterocycles. The summed E-state index contributed by atoms with van der Waals surface area (Å²) >= 11 is 0. The Hall–Kier alpha value is -2.89. The Morgan fingerprint density at radius 3 is 2.91 bits per heavy atom. The first kappa shape index (κ1) is 13.8. The van der Waals surface area contributed by atoms with E-state index in [1.807, 2.05) is 30.3 Å². The van der Waals surface area contributed by atoms with Gasteiger partial charge in [-0.05, 0) is 48.4 Å². The SMILES string of the molecule is O=c1[nH]ccc2cc(Nc3ccccn3)nc(NCC3CC3)c12. The molecule has 116 valence electrons. The number of pyridine rings is 3. The maximum absolute atomic E-state index is 12.2. The predicted molar refractivity (Wildman–Crippen MR) is 91.1 cm³/mol. The van der Waals surface area contributed by atoms with E-state index < -0.39 is 0 Å². The lowest BCUT2D eigenvalue weighted by atomic mass is 10.2. The van der Waals surface area contributed by atoms with E-state index in [1.165, 1.54) is 12.8 Å². The molecule has 3 aromatic heterocycles. The van der Waals surface area contributed by atoms with Crippen molar-refractivity contribution in [3.8, 4) is 0 Å². The quantitative estimate of drug-likeness (QED) is 0.675. The van der Waals surface area contributed by atoms with Gasteiger partial charge in [0, 0.05) is 18.9 Å². The molecule has 0 unspecified atom stereocenters.